The van der Waals surface area contributed by atoms with Gasteiger partial charge in [-0.1, -0.05) is 97.9 Å². The lowest BCUT2D eigenvalue weighted by Crippen LogP contribution is -1.58. The van der Waals surface area contributed by atoms with E-state index in [1.54, 1.807) is 12.4 Å². The molecular formula is C19H35F4N. The Bertz CT molecular complexity index is 197. The molecule has 0 atom stereocenters. The number of benzene rings is 1. The molecule has 5 heteroatoms. The first-order valence-corrected chi connectivity index (χ1v) is 8.14. The third kappa shape index (κ3) is 71.9. The van der Waals surface area contributed by atoms with Gasteiger partial charge in [-0.25, -0.2) is 0 Å². The molecule has 2 aromatic rings. The van der Waals surface area contributed by atoms with Crippen LogP contribution < -0.4 is 0 Å². The number of aromatic nitrogens is 1. The van der Waals surface area contributed by atoms with Crippen molar-refractivity contribution in [1.29, 1.82) is 0 Å². The quantitative estimate of drug-likeness (QED) is 0.432. The molecule has 0 radical (unpaired) electrons. The summed E-state index contributed by atoms with van der Waals surface area (Å²) < 4.78 is 32.0. The summed E-state index contributed by atoms with van der Waals surface area (Å²) in [6.07, 6.45) is 3.50. The van der Waals surface area contributed by atoms with Crippen LogP contribution in [0.5, 0.6) is 0 Å². The standard InChI is InChI=1S/C6H6.C5H5N.4C2H6.2F2/c2*1-2-4-6-5-3-1;6*1-2/h1-6H;1-5H;4*1-2H3;;. The predicted molar refractivity (Wildman–Crippen MR) is 101 cm³/mol. The lowest BCUT2D eigenvalue weighted by atomic mass is 10.4. The van der Waals surface area contributed by atoms with Crippen LogP contribution in [0.15, 0.2) is 67.0 Å². The van der Waals surface area contributed by atoms with Crippen molar-refractivity contribution in [2.75, 3.05) is 0 Å². The van der Waals surface area contributed by atoms with Gasteiger partial charge in [-0.15, -0.1) is 0 Å². The van der Waals surface area contributed by atoms with E-state index in [0.717, 1.165) is 0 Å². The van der Waals surface area contributed by atoms with E-state index in [1.807, 2.05) is 110 Å². The molecular weight excluding hydrogens is 318 g/mol. The molecule has 0 bridgehead atoms. The van der Waals surface area contributed by atoms with Crippen LogP contribution in [0.2, 0.25) is 0 Å². The Balaban J connectivity index is -0.0000000423. The average Bonchev–Trinajstić information content (AvgIpc) is 2.79. The average molecular weight is 353 g/mol. The molecule has 144 valence electrons. The highest BCUT2D eigenvalue weighted by Gasteiger charge is 1.58. The molecule has 0 saturated carbocycles. The third-order valence-electron chi connectivity index (χ3n) is 1.23. The van der Waals surface area contributed by atoms with E-state index in [9.17, 15) is 0 Å². The summed E-state index contributed by atoms with van der Waals surface area (Å²) in [5.74, 6) is 0. The predicted octanol–water partition coefficient (Wildman–Crippen LogP) is 8.55. The summed E-state index contributed by atoms with van der Waals surface area (Å²) in [4.78, 5) is 3.78. The Morgan fingerprint density at radius 1 is 0.375 bits per heavy atom. The molecule has 0 saturated heterocycles. The molecule has 0 fully saturated rings. The maximum Gasteiger partial charge on any atom is 0.0267 e. The van der Waals surface area contributed by atoms with Gasteiger partial charge in [-0.2, -0.15) is 0 Å². The van der Waals surface area contributed by atoms with Gasteiger partial charge >= 0.3 is 0 Å². The summed E-state index contributed by atoms with van der Waals surface area (Å²) in [6, 6.07) is 17.7. The van der Waals surface area contributed by atoms with Crippen molar-refractivity contribution in [2.45, 2.75) is 55.4 Å². The van der Waals surface area contributed by atoms with Gasteiger partial charge in [-0.3, -0.25) is 4.98 Å². The summed E-state index contributed by atoms with van der Waals surface area (Å²) in [7, 11) is 0. The monoisotopic (exact) mass is 353 g/mol. The van der Waals surface area contributed by atoms with E-state index >= 15 is 0 Å². The topological polar surface area (TPSA) is 12.9 Å². The SMILES string of the molecule is CC.CC.CC.CC.FF.FF.c1ccccc1.c1ccncc1. The molecule has 1 aromatic heterocycles. The lowest BCUT2D eigenvalue weighted by Gasteiger charge is -1.70. The zero-order valence-electron chi connectivity index (χ0n) is 16.3. The molecule has 0 aliphatic rings. The third-order valence-corrected chi connectivity index (χ3v) is 1.23. The minimum Gasteiger partial charge on any atom is -0.265 e. The largest absolute Gasteiger partial charge is 0.265 e. The van der Waals surface area contributed by atoms with Crippen LogP contribution in [0.3, 0.4) is 0 Å². The molecule has 0 unspecified atom stereocenters. The maximum atomic E-state index is 8.00. The molecule has 1 nitrogen and oxygen atoms in total. The Labute approximate surface area is 146 Å². The highest BCUT2D eigenvalue weighted by Crippen LogP contribution is 1.79. The van der Waals surface area contributed by atoms with Crippen LogP contribution in [0.1, 0.15) is 55.4 Å². The van der Waals surface area contributed by atoms with Gasteiger partial charge in [-0.05, 0) is 12.1 Å². The zero-order valence-corrected chi connectivity index (χ0v) is 16.3. The van der Waals surface area contributed by atoms with Crippen LogP contribution in [-0.4, -0.2) is 4.98 Å². The number of hydrogen-bond donors (Lipinski definition) is 0. The minimum atomic E-state index is 1.75. The number of halogens is 4. The second kappa shape index (κ2) is 83.6. The fourth-order valence-electron chi connectivity index (χ4n) is 0.698. The molecule has 0 aliphatic carbocycles. The summed E-state index contributed by atoms with van der Waals surface area (Å²) in [6.45, 7) is 16.0. The Morgan fingerprint density at radius 3 is 0.625 bits per heavy atom. The first-order valence-electron chi connectivity index (χ1n) is 8.14. The highest BCUT2D eigenvalue weighted by atomic mass is 20.0. The van der Waals surface area contributed by atoms with Crippen LogP contribution >= 0.6 is 0 Å². The van der Waals surface area contributed by atoms with Crippen molar-refractivity contribution in [1.82, 2.24) is 4.98 Å². The zero-order chi connectivity index (χ0) is 20.5. The first kappa shape index (κ1) is 38.0. The van der Waals surface area contributed by atoms with Crippen LogP contribution in [0.25, 0.3) is 0 Å². The van der Waals surface area contributed by atoms with E-state index in [-0.39, 0.29) is 0 Å². The van der Waals surface area contributed by atoms with E-state index in [4.69, 9.17) is 18.3 Å². The van der Waals surface area contributed by atoms with Crippen molar-refractivity contribution >= 4 is 0 Å². The van der Waals surface area contributed by atoms with Gasteiger partial charge in [0.1, 0.15) is 0 Å². The minimum absolute atomic E-state index is 1.75. The van der Waals surface area contributed by atoms with E-state index in [0.29, 0.717) is 0 Å². The lowest BCUT2D eigenvalue weighted by molar-refractivity contribution is 0.108. The van der Waals surface area contributed by atoms with Gasteiger partial charge in [0.15, 0.2) is 0 Å². The summed E-state index contributed by atoms with van der Waals surface area (Å²) in [5.41, 5.74) is 0. The molecule has 2 rings (SSSR count). The van der Waals surface area contributed by atoms with Gasteiger partial charge in [0.2, 0.25) is 0 Å². The molecule has 24 heavy (non-hydrogen) atoms. The molecule has 0 N–H and O–H groups in total. The van der Waals surface area contributed by atoms with Crippen molar-refractivity contribution in [3.05, 3.63) is 67.0 Å². The molecule has 0 spiro atoms. The summed E-state index contributed by atoms with van der Waals surface area (Å²) in [5, 5.41) is 0. The van der Waals surface area contributed by atoms with Crippen molar-refractivity contribution in [2.24, 2.45) is 0 Å². The second-order valence-electron chi connectivity index (χ2n) is 2.18. The number of nitrogens with zero attached hydrogens (tertiary/aromatic N) is 1. The van der Waals surface area contributed by atoms with Crippen molar-refractivity contribution in [3.8, 4) is 0 Å². The number of hydrogen-bond acceptors (Lipinski definition) is 1. The normalized spacial score (nSPS) is 5.50. The van der Waals surface area contributed by atoms with Crippen LogP contribution in [0.4, 0.5) is 18.3 Å². The smallest absolute Gasteiger partial charge is 0.0267 e. The fourth-order valence-corrected chi connectivity index (χ4v) is 0.698. The molecule has 1 aromatic carbocycles. The molecule has 0 aliphatic heterocycles. The van der Waals surface area contributed by atoms with Crippen molar-refractivity contribution in [3.63, 3.8) is 0 Å². The van der Waals surface area contributed by atoms with E-state index in [1.165, 1.54) is 0 Å². The van der Waals surface area contributed by atoms with Crippen molar-refractivity contribution < 1.29 is 18.3 Å². The van der Waals surface area contributed by atoms with Gasteiger partial charge in [0, 0.05) is 30.7 Å². The first-order chi connectivity index (χ1) is 12.0. The van der Waals surface area contributed by atoms with E-state index < -0.39 is 0 Å². The number of pyridine rings is 1. The summed E-state index contributed by atoms with van der Waals surface area (Å²) >= 11 is 0. The van der Waals surface area contributed by atoms with Gasteiger partial charge in [0.25, 0.3) is 0 Å². The Hall–Kier alpha value is -1.91. The second-order valence-corrected chi connectivity index (χ2v) is 2.18. The molecule has 0 amide bonds. The number of rotatable bonds is 0. The highest BCUT2D eigenvalue weighted by molar-refractivity contribution is 4.99. The van der Waals surface area contributed by atoms with Crippen LogP contribution in [0, 0.1) is 0 Å². The molecule has 1 heterocycles. The van der Waals surface area contributed by atoms with Crippen LogP contribution in [-0.2, 0) is 0 Å². The fraction of sp³-hybridized carbons (Fsp3) is 0.421. The van der Waals surface area contributed by atoms with Gasteiger partial charge < -0.3 is 0 Å². The Morgan fingerprint density at radius 2 is 0.542 bits per heavy atom. The Kier molecular flexibility index (Phi) is 132. The van der Waals surface area contributed by atoms with E-state index in [2.05, 4.69) is 4.98 Å². The maximum absolute atomic E-state index is 8.00. The van der Waals surface area contributed by atoms with Gasteiger partial charge in [0.05, 0.1) is 0 Å².